The molecule has 0 fully saturated rings. The maximum Gasteiger partial charge on any atom is 0.335 e. The number of carbonyl (C=O) groups is 2. The lowest BCUT2D eigenvalue weighted by atomic mass is 10.1. The molecule has 1 aromatic carbocycles. The Labute approximate surface area is 124 Å². The van der Waals surface area contributed by atoms with Crippen LogP contribution in [0, 0.1) is 0 Å². The number of methoxy groups -OCH3 is 1. The number of carboxylic acid groups (broad SMARTS) is 1. The van der Waals surface area contributed by atoms with Crippen molar-refractivity contribution >= 4 is 12.0 Å². The van der Waals surface area contributed by atoms with E-state index < -0.39 is 5.97 Å². The molecule has 0 aliphatic carbocycles. The van der Waals surface area contributed by atoms with E-state index in [1.807, 2.05) is 0 Å². The van der Waals surface area contributed by atoms with Crippen molar-refractivity contribution in [2.24, 2.45) is 0 Å². The molecule has 1 rings (SSSR count). The number of ether oxygens (including phenoxy) is 1. The number of carboxylic acids is 1. The zero-order valence-corrected chi connectivity index (χ0v) is 12.5. The number of amides is 2. The van der Waals surface area contributed by atoms with Crippen molar-refractivity contribution < 1.29 is 19.4 Å². The average molecular weight is 294 g/mol. The molecule has 0 unspecified atom stereocenters. The summed E-state index contributed by atoms with van der Waals surface area (Å²) >= 11 is 0. The van der Waals surface area contributed by atoms with Crippen LogP contribution in [0.15, 0.2) is 24.3 Å². The summed E-state index contributed by atoms with van der Waals surface area (Å²) in [5.41, 5.74) is 1.13. The van der Waals surface area contributed by atoms with Gasteiger partial charge in [0.15, 0.2) is 0 Å². The number of benzene rings is 1. The Hall–Kier alpha value is -2.08. The van der Waals surface area contributed by atoms with Gasteiger partial charge < -0.3 is 20.1 Å². The van der Waals surface area contributed by atoms with Gasteiger partial charge in [-0.25, -0.2) is 9.59 Å². The highest BCUT2D eigenvalue weighted by molar-refractivity contribution is 5.87. The minimum absolute atomic E-state index is 0.144. The van der Waals surface area contributed by atoms with E-state index in [0.717, 1.165) is 18.4 Å². The fourth-order valence-electron chi connectivity index (χ4n) is 1.80. The molecule has 116 valence electrons. The summed E-state index contributed by atoms with van der Waals surface area (Å²) < 4.78 is 4.94. The summed E-state index contributed by atoms with van der Waals surface area (Å²) in [5, 5.41) is 11.6. The molecule has 0 bridgehead atoms. The zero-order valence-electron chi connectivity index (χ0n) is 12.5. The van der Waals surface area contributed by atoms with Crippen molar-refractivity contribution in [3.63, 3.8) is 0 Å². The van der Waals surface area contributed by atoms with Crippen LogP contribution in [0.5, 0.6) is 0 Å². The maximum atomic E-state index is 11.8. The Morgan fingerprint density at radius 2 is 1.90 bits per heavy atom. The van der Waals surface area contributed by atoms with E-state index in [1.165, 1.54) is 12.1 Å². The number of nitrogens with one attached hydrogen (secondary N) is 1. The number of hydrogen-bond acceptors (Lipinski definition) is 3. The number of urea groups is 1. The van der Waals surface area contributed by atoms with Crippen LogP contribution in [0.25, 0.3) is 0 Å². The molecular weight excluding hydrogens is 272 g/mol. The van der Waals surface area contributed by atoms with Crippen LogP contribution >= 0.6 is 0 Å². The molecule has 21 heavy (non-hydrogen) atoms. The SMILES string of the molecule is COCCCCNC(=O)N(C)Cc1ccc(C(=O)O)cc1. The van der Waals surface area contributed by atoms with Gasteiger partial charge in [-0.2, -0.15) is 0 Å². The molecule has 0 aromatic heterocycles. The average Bonchev–Trinajstić information content (AvgIpc) is 2.47. The topological polar surface area (TPSA) is 78.9 Å². The van der Waals surface area contributed by atoms with Gasteiger partial charge in [0.05, 0.1) is 5.56 Å². The van der Waals surface area contributed by atoms with Crippen molar-refractivity contribution in [1.29, 1.82) is 0 Å². The van der Waals surface area contributed by atoms with E-state index >= 15 is 0 Å². The Bertz CT molecular complexity index is 459. The fraction of sp³-hybridized carbons (Fsp3) is 0.467. The first-order chi connectivity index (χ1) is 10.0. The lowest BCUT2D eigenvalue weighted by molar-refractivity contribution is 0.0697. The summed E-state index contributed by atoms with van der Waals surface area (Å²) in [7, 11) is 3.36. The number of nitrogens with zero attached hydrogens (tertiary/aromatic N) is 1. The van der Waals surface area contributed by atoms with Crippen molar-refractivity contribution in [3.05, 3.63) is 35.4 Å². The monoisotopic (exact) mass is 294 g/mol. The molecule has 0 aliphatic rings. The molecule has 0 saturated carbocycles. The van der Waals surface area contributed by atoms with Crippen molar-refractivity contribution in [3.8, 4) is 0 Å². The Kier molecular flexibility index (Phi) is 7.25. The molecule has 0 aliphatic heterocycles. The number of unbranched alkanes of at least 4 members (excludes halogenated alkanes) is 1. The zero-order chi connectivity index (χ0) is 15.7. The third-order valence-corrected chi connectivity index (χ3v) is 3.02. The molecular formula is C15H22N2O4. The van der Waals surface area contributed by atoms with Gasteiger partial charge in [-0.1, -0.05) is 12.1 Å². The van der Waals surface area contributed by atoms with Crippen LogP contribution in [0.3, 0.4) is 0 Å². The number of hydrogen-bond donors (Lipinski definition) is 2. The fourth-order valence-corrected chi connectivity index (χ4v) is 1.80. The predicted molar refractivity (Wildman–Crippen MR) is 79.4 cm³/mol. The third kappa shape index (κ3) is 6.27. The minimum atomic E-state index is -0.955. The normalized spacial score (nSPS) is 10.2. The van der Waals surface area contributed by atoms with Crippen LogP contribution in [0.2, 0.25) is 0 Å². The summed E-state index contributed by atoms with van der Waals surface area (Å²) in [6.07, 6.45) is 1.79. The highest BCUT2D eigenvalue weighted by atomic mass is 16.5. The lowest BCUT2D eigenvalue weighted by Gasteiger charge is -2.18. The van der Waals surface area contributed by atoms with Gasteiger partial charge >= 0.3 is 12.0 Å². The first-order valence-corrected chi connectivity index (χ1v) is 6.84. The highest BCUT2D eigenvalue weighted by Gasteiger charge is 2.09. The maximum absolute atomic E-state index is 11.8. The molecule has 0 spiro atoms. The first-order valence-electron chi connectivity index (χ1n) is 6.84. The minimum Gasteiger partial charge on any atom is -0.478 e. The second-order valence-electron chi connectivity index (χ2n) is 4.79. The molecule has 0 saturated heterocycles. The predicted octanol–water partition coefficient (Wildman–Crippen LogP) is 1.95. The molecule has 1 aromatic rings. The van der Waals surface area contributed by atoms with Crippen molar-refractivity contribution in [2.75, 3.05) is 27.3 Å². The van der Waals surface area contributed by atoms with Gasteiger partial charge in [-0.3, -0.25) is 0 Å². The summed E-state index contributed by atoms with van der Waals surface area (Å²) in [6, 6.07) is 6.36. The van der Waals surface area contributed by atoms with Gasteiger partial charge in [0.25, 0.3) is 0 Å². The highest BCUT2D eigenvalue weighted by Crippen LogP contribution is 2.07. The van der Waals surface area contributed by atoms with Crippen molar-refractivity contribution in [2.45, 2.75) is 19.4 Å². The third-order valence-electron chi connectivity index (χ3n) is 3.02. The van der Waals surface area contributed by atoms with Gasteiger partial charge in [0.2, 0.25) is 0 Å². The standard InChI is InChI=1S/C15H22N2O4/c1-17(15(20)16-9-3-4-10-21-2)11-12-5-7-13(8-6-12)14(18)19/h5-8H,3-4,9-11H2,1-2H3,(H,16,20)(H,18,19). The number of carbonyl (C=O) groups excluding carboxylic acids is 1. The van der Waals surface area contributed by atoms with Crippen LogP contribution in [-0.2, 0) is 11.3 Å². The smallest absolute Gasteiger partial charge is 0.335 e. The molecule has 0 atom stereocenters. The van der Waals surface area contributed by atoms with Gasteiger partial charge in [0.1, 0.15) is 0 Å². The van der Waals surface area contributed by atoms with E-state index in [-0.39, 0.29) is 11.6 Å². The molecule has 6 nitrogen and oxygen atoms in total. The Balaban J connectivity index is 2.36. The lowest BCUT2D eigenvalue weighted by Crippen LogP contribution is -2.37. The quantitative estimate of drug-likeness (QED) is 0.718. The second-order valence-corrected chi connectivity index (χ2v) is 4.79. The van der Waals surface area contributed by atoms with Crippen LogP contribution in [-0.4, -0.2) is 49.3 Å². The molecule has 2 amide bonds. The summed E-state index contributed by atoms with van der Waals surface area (Å²) in [6.45, 7) is 1.75. The van der Waals surface area contributed by atoms with Gasteiger partial charge in [-0.15, -0.1) is 0 Å². The van der Waals surface area contributed by atoms with E-state index in [4.69, 9.17) is 9.84 Å². The molecule has 2 N–H and O–H groups in total. The molecule has 0 heterocycles. The van der Waals surface area contributed by atoms with Crippen LogP contribution in [0.1, 0.15) is 28.8 Å². The van der Waals surface area contributed by atoms with Crippen molar-refractivity contribution in [1.82, 2.24) is 10.2 Å². The van der Waals surface area contributed by atoms with Crippen LogP contribution in [0.4, 0.5) is 4.79 Å². The van der Waals surface area contributed by atoms with E-state index in [0.29, 0.717) is 19.7 Å². The van der Waals surface area contributed by atoms with Crippen LogP contribution < -0.4 is 5.32 Å². The molecule has 6 heteroatoms. The Morgan fingerprint density at radius 3 is 2.48 bits per heavy atom. The van der Waals surface area contributed by atoms with Gasteiger partial charge in [-0.05, 0) is 30.5 Å². The largest absolute Gasteiger partial charge is 0.478 e. The second kappa shape index (κ2) is 8.97. The summed E-state index contributed by atoms with van der Waals surface area (Å²) in [4.78, 5) is 24.2. The van der Waals surface area contributed by atoms with E-state index in [2.05, 4.69) is 5.32 Å². The number of aromatic carboxylic acids is 1. The van der Waals surface area contributed by atoms with E-state index in [1.54, 1.807) is 31.2 Å². The van der Waals surface area contributed by atoms with Gasteiger partial charge in [0, 0.05) is 33.9 Å². The first kappa shape index (κ1) is 17.0. The Morgan fingerprint density at radius 1 is 1.24 bits per heavy atom. The molecule has 0 radical (unpaired) electrons. The van der Waals surface area contributed by atoms with E-state index in [9.17, 15) is 9.59 Å². The summed E-state index contributed by atoms with van der Waals surface area (Å²) in [5.74, 6) is -0.955. The number of rotatable bonds is 8.